The van der Waals surface area contributed by atoms with E-state index in [2.05, 4.69) is 43.5 Å². The van der Waals surface area contributed by atoms with Crippen LogP contribution in [0, 0.1) is 0 Å². The van der Waals surface area contributed by atoms with Crippen LogP contribution in [0.4, 0.5) is 0 Å². The highest BCUT2D eigenvalue weighted by Crippen LogP contribution is 2.14. The summed E-state index contributed by atoms with van der Waals surface area (Å²) in [7, 11) is 0. The maximum Gasteiger partial charge on any atom is 0.249 e. The average Bonchev–Trinajstić information content (AvgIpc) is 3.03. The Morgan fingerprint density at radius 1 is 0.568 bits per heavy atom. The highest BCUT2D eigenvalue weighted by molar-refractivity contribution is 5.80. The molecule has 0 aliphatic heterocycles. The van der Waals surface area contributed by atoms with Gasteiger partial charge in [0.05, 0.1) is 18.8 Å². The zero-order valence-electron chi connectivity index (χ0n) is 28.9. The van der Waals surface area contributed by atoms with Gasteiger partial charge < -0.3 is 25.7 Å². The topological polar surface area (TPSA) is 110 Å². The summed E-state index contributed by atoms with van der Waals surface area (Å²) in [4.78, 5) is 12.4. The maximum absolute atomic E-state index is 12.4. The SMILES string of the molecule is CCCCCCCCCCC/C=C\C/C=C\CCCCCCCCC(O)C(=O)NC(CO)C(O)C(O)CCCCCCCC. The summed E-state index contributed by atoms with van der Waals surface area (Å²) < 4.78 is 0. The Kier molecular flexibility index (Phi) is 32.2. The largest absolute Gasteiger partial charge is 0.394 e. The Hall–Kier alpha value is -1.21. The van der Waals surface area contributed by atoms with Gasteiger partial charge in [-0.05, 0) is 44.9 Å². The number of aliphatic hydroxyl groups excluding tert-OH is 4. The second-order valence-electron chi connectivity index (χ2n) is 12.9. The van der Waals surface area contributed by atoms with Crippen molar-refractivity contribution in [1.29, 1.82) is 0 Å². The van der Waals surface area contributed by atoms with E-state index in [1.54, 1.807) is 0 Å². The number of nitrogens with one attached hydrogen (secondary N) is 1. The number of aliphatic hydroxyl groups is 4. The molecule has 0 aromatic rings. The third kappa shape index (κ3) is 27.1. The third-order valence-electron chi connectivity index (χ3n) is 8.67. The number of allylic oxidation sites excluding steroid dienone is 4. The zero-order valence-corrected chi connectivity index (χ0v) is 28.9. The van der Waals surface area contributed by atoms with Crippen LogP contribution in [0.15, 0.2) is 24.3 Å². The second kappa shape index (κ2) is 33.2. The van der Waals surface area contributed by atoms with E-state index in [1.165, 1.54) is 96.3 Å². The fourth-order valence-corrected chi connectivity index (χ4v) is 5.61. The van der Waals surface area contributed by atoms with E-state index in [0.717, 1.165) is 57.8 Å². The molecule has 0 heterocycles. The van der Waals surface area contributed by atoms with Crippen molar-refractivity contribution in [3.05, 3.63) is 24.3 Å². The maximum atomic E-state index is 12.4. The van der Waals surface area contributed by atoms with Gasteiger partial charge in [0.2, 0.25) is 5.91 Å². The third-order valence-corrected chi connectivity index (χ3v) is 8.67. The van der Waals surface area contributed by atoms with Gasteiger partial charge in [-0.25, -0.2) is 0 Å². The van der Waals surface area contributed by atoms with Crippen molar-refractivity contribution in [2.75, 3.05) is 6.61 Å². The predicted octanol–water partition coefficient (Wildman–Crippen LogP) is 8.84. The minimum absolute atomic E-state index is 0.357. The highest BCUT2D eigenvalue weighted by atomic mass is 16.3. The molecule has 6 heteroatoms. The minimum atomic E-state index is -1.26. The van der Waals surface area contributed by atoms with Gasteiger partial charge in [0.15, 0.2) is 0 Å². The number of rotatable bonds is 33. The molecule has 0 radical (unpaired) electrons. The molecule has 0 saturated carbocycles. The Morgan fingerprint density at radius 3 is 1.43 bits per heavy atom. The predicted molar refractivity (Wildman–Crippen MR) is 187 cm³/mol. The van der Waals surface area contributed by atoms with Gasteiger partial charge in [0.1, 0.15) is 12.2 Å². The van der Waals surface area contributed by atoms with Gasteiger partial charge in [0.25, 0.3) is 0 Å². The lowest BCUT2D eigenvalue weighted by molar-refractivity contribution is -0.132. The summed E-state index contributed by atoms with van der Waals surface area (Å²) in [6.45, 7) is 3.95. The molecule has 0 rings (SSSR count). The van der Waals surface area contributed by atoms with Crippen molar-refractivity contribution in [2.24, 2.45) is 0 Å². The number of carbonyl (C=O) groups is 1. The zero-order chi connectivity index (χ0) is 32.5. The fourth-order valence-electron chi connectivity index (χ4n) is 5.61. The minimum Gasteiger partial charge on any atom is -0.394 e. The summed E-state index contributed by atoms with van der Waals surface area (Å²) in [5.74, 6) is -0.597. The molecule has 0 aromatic carbocycles. The molecule has 0 aliphatic rings. The molecule has 4 atom stereocenters. The van der Waals surface area contributed by atoms with E-state index in [1.807, 2.05) is 0 Å². The van der Waals surface area contributed by atoms with Gasteiger partial charge in [0, 0.05) is 0 Å². The van der Waals surface area contributed by atoms with Crippen LogP contribution in [0.5, 0.6) is 0 Å². The van der Waals surface area contributed by atoms with Gasteiger partial charge in [-0.3, -0.25) is 4.79 Å². The highest BCUT2D eigenvalue weighted by Gasteiger charge is 2.28. The summed E-state index contributed by atoms with van der Waals surface area (Å²) in [5, 5.41) is 43.1. The van der Waals surface area contributed by atoms with E-state index in [9.17, 15) is 25.2 Å². The van der Waals surface area contributed by atoms with Gasteiger partial charge in [-0.1, -0.05) is 160 Å². The Balaban J connectivity index is 3.73. The molecular weight excluding hydrogens is 550 g/mol. The first-order valence-electron chi connectivity index (χ1n) is 18.7. The summed E-state index contributed by atoms with van der Waals surface area (Å²) >= 11 is 0. The number of amides is 1. The number of hydrogen-bond donors (Lipinski definition) is 5. The molecule has 260 valence electrons. The molecule has 1 amide bonds. The summed E-state index contributed by atoms with van der Waals surface area (Å²) in [6.07, 6.45) is 35.2. The number of carbonyl (C=O) groups excluding carboxylic acids is 1. The molecule has 6 nitrogen and oxygen atoms in total. The van der Waals surface area contributed by atoms with E-state index in [0.29, 0.717) is 12.8 Å². The van der Waals surface area contributed by atoms with Crippen LogP contribution in [0.2, 0.25) is 0 Å². The molecule has 5 N–H and O–H groups in total. The van der Waals surface area contributed by atoms with E-state index >= 15 is 0 Å². The van der Waals surface area contributed by atoms with Crippen LogP contribution in [0.25, 0.3) is 0 Å². The van der Waals surface area contributed by atoms with Crippen molar-refractivity contribution in [3.63, 3.8) is 0 Å². The van der Waals surface area contributed by atoms with Crippen molar-refractivity contribution < 1.29 is 25.2 Å². The molecule has 0 bridgehead atoms. The van der Waals surface area contributed by atoms with Gasteiger partial charge >= 0.3 is 0 Å². The molecule has 0 spiro atoms. The lowest BCUT2D eigenvalue weighted by atomic mass is 9.99. The van der Waals surface area contributed by atoms with Crippen LogP contribution >= 0.6 is 0 Å². The molecule has 0 fully saturated rings. The first kappa shape index (κ1) is 42.8. The van der Waals surface area contributed by atoms with Crippen molar-refractivity contribution in [2.45, 2.75) is 205 Å². The smallest absolute Gasteiger partial charge is 0.249 e. The Bertz CT molecular complexity index is 668. The molecule has 0 aliphatic carbocycles. The van der Waals surface area contributed by atoms with Gasteiger partial charge in [-0.15, -0.1) is 0 Å². The average molecular weight is 624 g/mol. The number of hydrogen-bond acceptors (Lipinski definition) is 5. The van der Waals surface area contributed by atoms with Crippen LogP contribution < -0.4 is 5.32 Å². The van der Waals surface area contributed by atoms with Crippen molar-refractivity contribution in [1.82, 2.24) is 5.32 Å². The summed E-state index contributed by atoms with van der Waals surface area (Å²) in [5.41, 5.74) is 0. The Labute approximate surface area is 272 Å². The molecule has 4 unspecified atom stereocenters. The lowest BCUT2D eigenvalue weighted by Gasteiger charge is -2.27. The van der Waals surface area contributed by atoms with Crippen molar-refractivity contribution in [3.8, 4) is 0 Å². The Morgan fingerprint density at radius 2 is 0.977 bits per heavy atom. The second-order valence-corrected chi connectivity index (χ2v) is 12.9. The molecular formula is C38H73NO5. The normalized spacial score (nSPS) is 14.8. The molecule has 0 aromatic heterocycles. The van der Waals surface area contributed by atoms with E-state index in [-0.39, 0.29) is 0 Å². The first-order chi connectivity index (χ1) is 21.5. The van der Waals surface area contributed by atoms with Crippen LogP contribution in [-0.2, 0) is 4.79 Å². The number of unbranched alkanes of at least 4 members (excludes halogenated alkanes) is 20. The standard InChI is InChI=1S/C38H73NO5/c1-3-5-7-9-11-12-13-14-15-16-17-18-19-20-21-22-23-24-25-26-28-30-32-36(42)38(44)39-34(33-40)37(43)35(41)31-29-27-10-8-6-4-2/h17-18,20-21,34-37,40-43H,3-16,19,22-33H2,1-2H3,(H,39,44)/b18-17-,21-20-. The van der Waals surface area contributed by atoms with Crippen LogP contribution in [0.3, 0.4) is 0 Å². The van der Waals surface area contributed by atoms with E-state index < -0.39 is 36.9 Å². The van der Waals surface area contributed by atoms with Crippen LogP contribution in [0.1, 0.15) is 181 Å². The lowest BCUT2D eigenvalue weighted by Crippen LogP contribution is -2.53. The summed E-state index contributed by atoms with van der Waals surface area (Å²) in [6, 6.07) is -0.984. The first-order valence-corrected chi connectivity index (χ1v) is 18.7. The van der Waals surface area contributed by atoms with Gasteiger partial charge in [-0.2, -0.15) is 0 Å². The monoisotopic (exact) mass is 624 g/mol. The van der Waals surface area contributed by atoms with Crippen molar-refractivity contribution >= 4 is 5.91 Å². The molecule has 0 saturated heterocycles. The fraction of sp³-hybridized carbons (Fsp3) is 0.868. The quantitative estimate of drug-likeness (QED) is 0.0371. The molecule has 44 heavy (non-hydrogen) atoms. The van der Waals surface area contributed by atoms with E-state index in [4.69, 9.17) is 0 Å². The van der Waals surface area contributed by atoms with Crippen LogP contribution in [-0.4, -0.2) is 57.3 Å².